The quantitative estimate of drug-likeness (QED) is 0.816. The average Bonchev–Trinajstić information content (AvgIpc) is 2.40. The van der Waals surface area contributed by atoms with Crippen LogP contribution in [0.15, 0.2) is 24.3 Å². The number of fused-ring (bicyclic) bond motifs is 3. The van der Waals surface area contributed by atoms with Crippen molar-refractivity contribution in [2.75, 3.05) is 32.7 Å². The maximum atomic E-state index is 11.8. The lowest BCUT2D eigenvalue weighted by Crippen LogP contribution is -2.79. The number of urea groups is 1. The van der Waals surface area contributed by atoms with Crippen LogP contribution < -0.4 is 5.73 Å². The van der Waals surface area contributed by atoms with Crippen LogP contribution in [0, 0.1) is 6.92 Å². The maximum Gasteiger partial charge on any atom is 0.414 e. The summed E-state index contributed by atoms with van der Waals surface area (Å²) in [5, 5.41) is 0. The van der Waals surface area contributed by atoms with E-state index >= 15 is 0 Å². The fourth-order valence-electron chi connectivity index (χ4n) is 4.02. The van der Waals surface area contributed by atoms with E-state index in [1.807, 2.05) is 6.07 Å². The Morgan fingerprint density at radius 2 is 2.05 bits per heavy atom. The van der Waals surface area contributed by atoms with Crippen molar-refractivity contribution in [3.63, 3.8) is 0 Å². The highest BCUT2D eigenvalue weighted by atomic mass is 16.2. The first-order valence-corrected chi connectivity index (χ1v) is 7.39. The van der Waals surface area contributed by atoms with Crippen molar-refractivity contribution in [2.45, 2.75) is 19.5 Å². The molecule has 3 saturated heterocycles. The van der Waals surface area contributed by atoms with Crippen molar-refractivity contribution in [2.24, 2.45) is 5.73 Å². The number of nitrogens with two attached hydrogens (primary N) is 1. The summed E-state index contributed by atoms with van der Waals surface area (Å²) >= 11 is 0. The molecule has 4 heteroatoms. The smallest absolute Gasteiger partial charge is 0.319 e. The number of carbonyl (C=O) groups is 1. The summed E-state index contributed by atoms with van der Waals surface area (Å²) in [5.41, 5.74) is 8.06. The molecule has 1 unspecified atom stereocenters. The lowest BCUT2D eigenvalue weighted by molar-refractivity contribution is -1.07. The van der Waals surface area contributed by atoms with Gasteiger partial charge in [-0.2, -0.15) is 0 Å². The normalized spacial score (nSPS) is 36.0. The number of hydrogen-bond donors (Lipinski definition) is 1. The third-order valence-electron chi connectivity index (χ3n) is 5.45. The summed E-state index contributed by atoms with van der Waals surface area (Å²) in [4.78, 5) is 11.8. The van der Waals surface area contributed by atoms with Crippen molar-refractivity contribution in [3.05, 3.63) is 42.3 Å². The summed E-state index contributed by atoms with van der Waals surface area (Å²) in [6, 6.07) is 8.83. The van der Waals surface area contributed by atoms with E-state index in [2.05, 4.69) is 32.0 Å². The molecule has 1 aromatic carbocycles. The Morgan fingerprint density at radius 3 is 2.60 bits per heavy atom. The van der Waals surface area contributed by atoms with Crippen LogP contribution in [0.5, 0.6) is 0 Å². The molecule has 107 valence electrons. The summed E-state index contributed by atoms with van der Waals surface area (Å²) in [7, 11) is 0. The number of nitrogens with zero attached hydrogens (tertiary/aromatic N) is 2. The fourth-order valence-corrected chi connectivity index (χ4v) is 4.02. The minimum absolute atomic E-state index is 0.144. The number of piperazine rings is 3. The van der Waals surface area contributed by atoms with Crippen LogP contribution in [0.1, 0.15) is 18.1 Å². The molecule has 0 spiro atoms. The summed E-state index contributed by atoms with van der Waals surface area (Å²) in [6.45, 7) is 12.1. The molecule has 3 aliphatic heterocycles. The van der Waals surface area contributed by atoms with Gasteiger partial charge in [0.2, 0.25) is 0 Å². The van der Waals surface area contributed by atoms with E-state index in [4.69, 9.17) is 5.73 Å². The molecule has 1 radical (unpaired) electrons. The Balaban J connectivity index is 1.83. The van der Waals surface area contributed by atoms with Gasteiger partial charge in [0.1, 0.15) is 45.3 Å². The standard InChI is InChI=1S/C16H23N3O/c1-13-4-3-5-15(10-13)12-18-6-8-19(9-7-18,16(17)20)11-14(18)2/h3-5,10,14H,1,6-9,11-12H2,2H3,(H-,17,20)/q+1/p+1. The first-order valence-electron chi connectivity index (χ1n) is 7.39. The maximum absolute atomic E-state index is 11.8. The molecule has 2 N–H and O–H groups in total. The van der Waals surface area contributed by atoms with Crippen LogP contribution in [-0.2, 0) is 6.54 Å². The van der Waals surface area contributed by atoms with Crippen LogP contribution in [0.4, 0.5) is 4.79 Å². The molecular formula is C16H24N3O+2. The minimum Gasteiger partial charge on any atom is -0.319 e. The molecule has 3 heterocycles. The molecule has 20 heavy (non-hydrogen) atoms. The average molecular weight is 274 g/mol. The number of hydrogen-bond acceptors (Lipinski definition) is 1. The highest BCUT2D eigenvalue weighted by Crippen LogP contribution is 2.33. The van der Waals surface area contributed by atoms with Crippen molar-refractivity contribution >= 4 is 6.03 Å². The van der Waals surface area contributed by atoms with E-state index in [9.17, 15) is 4.79 Å². The highest BCUT2D eigenvalue weighted by molar-refractivity contribution is 5.64. The lowest BCUT2D eigenvalue weighted by atomic mass is 9.98. The molecule has 0 aromatic heterocycles. The van der Waals surface area contributed by atoms with Gasteiger partial charge in [-0.25, -0.2) is 9.28 Å². The Kier molecular flexibility index (Phi) is 3.10. The Labute approximate surface area is 121 Å². The van der Waals surface area contributed by atoms with E-state index in [-0.39, 0.29) is 6.03 Å². The second kappa shape index (κ2) is 4.57. The topological polar surface area (TPSA) is 43.1 Å². The molecule has 4 nitrogen and oxygen atoms in total. The molecule has 2 amide bonds. The highest BCUT2D eigenvalue weighted by Gasteiger charge is 2.56. The second-order valence-electron chi connectivity index (χ2n) is 6.61. The van der Waals surface area contributed by atoms with Crippen LogP contribution in [0.3, 0.4) is 0 Å². The van der Waals surface area contributed by atoms with E-state index in [0.717, 1.165) is 49.3 Å². The summed E-state index contributed by atoms with van der Waals surface area (Å²) in [6.07, 6.45) is 0. The number of quaternary nitrogens is 2. The van der Waals surface area contributed by atoms with Gasteiger partial charge in [0, 0.05) is 5.56 Å². The number of rotatable bonds is 2. The van der Waals surface area contributed by atoms with E-state index in [1.54, 1.807) is 0 Å². The van der Waals surface area contributed by atoms with Crippen molar-refractivity contribution in [1.82, 2.24) is 0 Å². The third kappa shape index (κ3) is 2.03. The summed E-state index contributed by atoms with van der Waals surface area (Å²) < 4.78 is 1.59. The first-order chi connectivity index (χ1) is 9.46. The molecule has 1 aromatic rings. The SMILES string of the molecule is [CH2]c1cccc(C[N+]23CC[N+](C(N)=O)(CC2)CC3C)c1. The Bertz CT molecular complexity index is 532. The van der Waals surface area contributed by atoms with Crippen molar-refractivity contribution in [3.8, 4) is 0 Å². The number of carbonyl (C=O) groups excluding carboxylic acids is 1. The monoisotopic (exact) mass is 274 g/mol. The number of primary amides is 1. The second-order valence-corrected chi connectivity index (χ2v) is 6.61. The van der Waals surface area contributed by atoms with Crippen molar-refractivity contribution in [1.29, 1.82) is 0 Å². The van der Waals surface area contributed by atoms with Crippen LogP contribution in [0.25, 0.3) is 0 Å². The predicted molar refractivity (Wildman–Crippen MR) is 78.5 cm³/mol. The molecule has 4 rings (SSSR count). The van der Waals surface area contributed by atoms with Gasteiger partial charge in [0.15, 0.2) is 0 Å². The van der Waals surface area contributed by atoms with Crippen molar-refractivity contribution < 1.29 is 13.8 Å². The third-order valence-corrected chi connectivity index (χ3v) is 5.45. The Hall–Kier alpha value is -1.39. The van der Waals surface area contributed by atoms with Gasteiger partial charge in [-0.1, -0.05) is 24.3 Å². The fraction of sp³-hybridized carbons (Fsp3) is 0.500. The minimum atomic E-state index is -0.144. The van der Waals surface area contributed by atoms with Gasteiger partial charge >= 0.3 is 6.03 Å². The number of amides is 2. The number of benzene rings is 1. The summed E-state index contributed by atoms with van der Waals surface area (Å²) in [5.74, 6) is 0. The zero-order valence-corrected chi connectivity index (χ0v) is 12.2. The molecule has 3 fully saturated rings. The molecule has 3 aliphatic rings. The largest absolute Gasteiger partial charge is 0.414 e. The molecule has 0 aliphatic carbocycles. The van der Waals surface area contributed by atoms with Gasteiger partial charge in [0.25, 0.3) is 0 Å². The zero-order chi connectivity index (χ0) is 14.4. The van der Waals surface area contributed by atoms with Crippen LogP contribution >= 0.6 is 0 Å². The molecule has 2 bridgehead atoms. The van der Waals surface area contributed by atoms with E-state index in [0.29, 0.717) is 10.5 Å². The zero-order valence-electron chi connectivity index (χ0n) is 12.2. The van der Waals surface area contributed by atoms with E-state index in [1.165, 1.54) is 5.56 Å². The van der Waals surface area contributed by atoms with Gasteiger partial charge < -0.3 is 10.2 Å². The molecular weight excluding hydrogens is 250 g/mol. The van der Waals surface area contributed by atoms with Crippen LogP contribution in [0.2, 0.25) is 0 Å². The first kappa shape index (κ1) is 13.6. The Morgan fingerprint density at radius 1 is 1.35 bits per heavy atom. The van der Waals surface area contributed by atoms with Gasteiger partial charge in [0.05, 0.1) is 0 Å². The van der Waals surface area contributed by atoms with Crippen LogP contribution in [-0.4, -0.2) is 53.8 Å². The van der Waals surface area contributed by atoms with Gasteiger partial charge in [-0.15, -0.1) is 0 Å². The van der Waals surface area contributed by atoms with Gasteiger partial charge in [-0.3, -0.25) is 0 Å². The lowest BCUT2D eigenvalue weighted by Gasteiger charge is -2.56. The molecule has 1 atom stereocenters. The predicted octanol–water partition coefficient (Wildman–Crippen LogP) is 1.50. The van der Waals surface area contributed by atoms with E-state index < -0.39 is 0 Å². The molecule has 0 saturated carbocycles. The van der Waals surface area contributed by atoms with Gasteiger partial charge in [-0.05, 0) is 19.4 Å².